The molecule has 1 aliphatic heterocycles. The Morgan fingerprint density at radius 3 is 2.33 bits per heavy atom. The molecular weight excluding hydrogens is 400 g/mol. The van der Waals surface area contributed by atoms with Gasteiger partial charge in [-0.15, -0.1) is 0 Å². The highest BCUT2D eigenvalue weighted by molar-refractivity contribution is 7.89. The molecule has 0 spiro atoms. The molecule has 3 aromatic rings. The van der Waals surface area contributed by atoms with Crippen LogP contribution < -0.4 is 14.4 Å². The van der Waals surface area contributed by atoms with Crippen molar-refractivity contribution in [3.8, 4) is 11.5 Å². The number of piperazine rings is 1. The molecule has 1 fully saturated rings. The lowest BCUT2D eigenvalue weighted by Crippen LogP contribution is -3.13. The van der Waals surface area contributed by atoms with Gasteiger partial charge < -0.3 is 14.4 Å². The molecule has 0 radical (unpaired) electrons. The Kier molecular flexibility index (Phi) is 5.94. The maximum Gasteiger partial charge on any atom is 0.243 e. The van der Waals surface area contributed by atoms with Gasteiger partial charge in [0, 0.05) is 0 Å². The first-order valence-corrected chi connectivity index (χ1v) is 11.5. The topological polar surface area (TPSA) is 60.3 Å². The molecule has 30 heavy (non-hydrogen) atoms. The molecule has 3 aromatic carbocycles. The summed E-state index contributed by atoms with van der Waals surface area (Å²) in [6, 6.07) is 18.9. The van der Waals surface area contributed by atoms with E-state index in [0.717, 1.165) is 47.5 Å². The van der Waals surface area contributed by atoms with E-state index in [-0.39, 0.29) is 0 Å². The van der Waals surface area contributed by atoms with Crippen LogP contribution in [0.5, 0.6) is 11.5 Å². The molecule has 158 valence electrons. The quantitative estimate of drug-likeness (QED) is 0.653. The molecule has 4 rings (SSSR count). The summed E-state index contributed by atoms with van der Waals surface area (Å²) in [5.41, 5.74) is 1.07. The van der Waals surface area contributed by atoms with Gasteiger partial charge in [0.05, 0.1) is 50.9 Å². The number of fused-ring (bicyclic) bond motifs is 1. The summed E-state index contributed by atoms with van der Waals surface area (Å²) in [6.07, 6.45) is 0. The van der Waals surface area contributed by atoms with Crippen molar-refractivity contribution in [2.45, 2.75) is 11.4 Å². The predicted octanol–water partition coefficient (Wildman–Crippen LogP) is 1.95. The molecule has 1 heterocycles. The molecule has 1 aliphatic rings. The molecule has 0 aliphatic carbocycles. The molecule has 0 bridgehead atoms. The summed E-state index contributed by atoms with van der Waals surface area (Å²) < 4.78 is 38.7. The number of sulfonamides is 1. The Labute approximate surface area is 177 Å². The third-order valence-corrected chi connectivity index (χ3v) is 7.61. The van der Waals surface area contributed by atoms with Crippen LogP contribution in [0.4, 0.5) is 0 Å². The van der Waals surface area contributed by atoms with E-state index < -0.39 is 10.0 Å². The summed E-state index contributed by atoms with van der Waals surface area (Å²) in [4.78, 5) is 1.69. The van der Waals surface area contributed by atoms with Gasteiger partial charge in [-0.25, -0.2) is 8.42 Å². The van der Waals surface area contributed by atoms with Crippen molar-refractivity contribution in [2.24, 2.45) is 0 Å². The average Bonchev–Trinajstić information content (AvgIpc) is 2.79. The van der Waals surface area contributed by atoms with Crippen LogP contribution in [0.25, 0.3) is 10.8 Å². The Balaban J connectivity index is 1.46. The van der Waals surface area contributed by atoms with Crippen molar-refractivity contribution in [3.63, 3.8) is 0 Å². The van der Waals surface area contributed by atoms with Crippen LogP contribution in [0.2, 0.25) is 0 Å². The highest BCUT2D eigenvalue weighted by Gasteiger charge is 2.31. The number of nitrogens with one attached hydrogen (secondary N) is 1. The number of hydrogen-bond acceptors (Lipinski definition) is 4. The zero-order valence-electron chi connectivity index (χ0n) is 17.3. The second-order valence-corrected chi connectivity index (χ2v) is 9.46. The van der Waals surface area contributed by atoms with Gasteiger partial charge in [0.25, 0.3) is 0 Å². The highest BCUT2D eigenvalue weighted by Crippen LogP contribution is 2.24. The predicted molar refractivity (Wildman–Crippen MR) is 117 cm³/mol. The fraction of sp³-hybridized carbons (Fsp3) is 0.304. The number of quaternary nitrogens is 1. The first-order chi connectivity index (χ1) is 14.5. The average molecular weight is 428 g/mol. The molecule has 1 N–H and O–H groups in total. The van der Waals surface area contributed by atoms with E-state index in [9.17, 15) is 8.42 Å². The maximum atomic E-state index is 13.2. The molecular formula is C23H27N2O4S+. The number of ether oxygens (including phenoxy) is 2. The number of hydrogen-bond donors (Lipinski definition) is 1. The van der Waals surface area contributed by atoms with Crippen LogP contribution in [0.15, 0.2) is 65.6 Å². The van der Waals surface area contributed by atoms with E-state index in [1.165, 1.54) is 4.90 Å². The van der Waals surface area contributed by atoms with E-state index in [2.05, 4.69) is 0 Å². The lowest BCUT2D eigenvalue weighted by molar-refractivity contribution is -0.917. The monoisotopic (exact) mass is 427 g/mol. The summed E-state index contributed by atoms with van der Waals surface area (Å²) in [5, 5.41) is 1.98. The van der Waals surface area contributed by atoms with Crippen LogP contribution >= 0.6 is 0 Å². The standard InChI is InChI=1S/C23H26N2O4S/c1-28-21-8-10-23(29-2)20(15-21)17-24-11-13-25(14-12-24)30(26,27)22-9-7-18-5-3-4-6-19(18)16-22/h3-10,15-16H,11-14,17H2,1-2H3/p+1. The normalized spacial score (nSPS) is 15.9. The second kappa shape index (κ2) is 8.63. The lowest BCUT2D eigenvalue weighted by atomic mass is 10.1. The molecule has 7 heteroatoms. The van der Waals surface area contributed by atoms with E-state index in [1.54, 1.807) is 30.7 Å². The van der Waals surface area contributed by atoms with E-state index >= 15 is 0 Å². The second-order valence-electron chi connectivity index (χ2n) is 7.52. The largest absolute Gasteiger partial charge is 0.497 e. The first-order valence-electron chi connectivity index (χ1n) is 10.0. The number of benzene rings is 3. The fourth-order valence-electron chi connectivity index (χ4n) is 3.99. The third kappa shape index (κ3) is 4.14. The van der Waals surface area contributed by atoms with Crippen molar-refractivity contribution in [3.05, 3.63) is 66.2 Å². The van der Waals surface area contributed by atoms with Crippen LogP contribution in [-0.2, 0) is 16.6 Å². The number of rotatable bonds is 6. The summed E-state index contributed by atoms with van der Waals surface area (Å²) >= 11 is 0. The third-order valence-electron chi connectivity index (χ3n) is 5.72. The highest BCUT2D eigenvalue weighted by atomic mass is 32.2. The molecule has 0 amide bonds. The number of methoxy groups -OCH3 is 2. The minimum atomic E-state index is -3.50. The minimum Gasteiger partial charge on any atom is -0.497 e. The van der Waals surface area contributed by atoms with Gasteiger partial charge in [-0.05, 0) is 41.1 Å². The fourth-order valence-corrected chi connectivity index (χ4v) is 5.46. The zero-order valence-corrected chi connectivity index (χ0v) is 18.1. The molecule has 0 atom stereocenters. The van der Waals surface area contributed by atoms with Gasteiger partial charge in [-0.1, -0.05) is 30.3 Å². The van der Waals surface area contributed by atoms with Crippen molar-refractivity contribution in [2.75, 3.05) is 40.4 Å². The van der Waals surface area contributed by atoms with Crippen molar-refractivity contribution in [1.29, 1.82) is 0 Å². The van der Waals surface area contributed by atoms with Gasteiger partial charge in [0.15, 0.2) is 0 Å². The Morgan fingerprint density at radius 1 is 0.900 bits per heavy atom. The Hall–Kier alpha value is -2.61. The van der Waals surface area contributed by atoms with Gasteiger partial charge in [-0.2, -0.15) is 4.31 Å². The summed E-state index contributed by atoms with van der Waals surface area (Å²) in [7, 11) is -0.189. The molecule has 1 saturated heterocycles. The zero-order chi connectivity index (χ0) is 21.1. The summed E-state index contributed by atoms with van der Waals surface area (Å²) in [6.45, 7) is 3.25. The van der Waals surface area contributed by atoms with Crippen LogP contribution in [0, 0.1) is 0 Å². The number of nitrogens with zero attached hydrogens (tertiary/aromatic N) is 1. The van der Waals surface area contributed by atoms with Crippen molar-refractivity contribution in [1.82, 2.24) is 4.31 Å². The van der Waals surface area contributed by atoms with Gasteiger partial charge >= 0.3 is 0 Å². The van der Waals surface area contributed by atoms with Gasteiger partial charge in [0.1, 0.15) is 18.0 Å². The summed E-state index contributed by atoms with van der Waals surface area (Å²) in [5.74, 6) is 1.62. The first kappa shape index (κ1) is 20.7. The molecule has 6 nitrogen and oxygen atoms in total. The van der Waals surface area contributed by atoms with Crippen LogP contribution in [0.1, 0.15) is 5.56 Å². The SMILES string of the molecule is COc1ccc(OC)c(C[NH+]2CCN(S(=O)(=O)c3ccc4ccccc4c3)CC2)c1. The molecule has 0 aromatic heterocycles. The van der Waals surface area contributed by atoms with E-state index in [1.807, 2.05) is 48.5 Å². The van der Waals surface area contributed by atoms with Crippen molar-refractivity contribution < 1.29 is 22.8 Å². The molecule has 0 saturated carbocycles. The smallest absolute Gasteiger partial charge is 0.243 e. The van der Waals surface area contributed by atoms with Gasteiger partial charge in [-0.3, -0.25) is 0 Å². The Bertz CT molecular complexity index is 1140. The van der Waals surface area contributed by atoms with Crippen LogP contribution in [-0.4, -0.2) is 53.1 Å². The minimum absolute atomic E-state index is 0.360. The lowest BCUT2D eigenvalue weighted by Gasteiger charge is -2.31. The van der Waals surface area contributed by atoms with E-state index in [4.69, 9.17) is 9.47 Å². The molecule has 0 unspecified atom stereocenters. The van der Waals surface area contributed by atoms with Crippen LogP contribution in [0.3, 0.4) is 0 Å². The van der Waals surface area contributed by atoms with Crippen molar-refractivity contribution >= 4 is 20.8 Å². The van der Waals surface area contributed by atoms with Gasteiger partial charge in [0.2, 0.25) is 10.0 Å². The Morgan fingerprint density at radius 2 is 1.63 bits per heavy atom. The maximum absolute atomic E-state index is 13.2. The van der Waals surface area contributed by atoms with E-state index in [0.29, 0.717) is 18.0 Å².